The molecule has 2 fully saturated rings. The highest BCUT2D eigenvalue weighted by atomic mass is 15.3. The van der Waals surface area contributed by atoms with Crippen molar-refractivity contribution in [3.63, 3.8) is 0 Å². The van der Waals surface area contributed by atoms with Crippen LogP contribution in [-0.4, -0.2) is 35.7 Å². The fourth-order valence-electron chi connectivity index (χ4n) is 3.13. The zero-order valence-electron chi connectivity index (χ0n) is 10.8. The molecule has 4 nitrogen and oxygen atoms in total. The molecule has 0 unspecified atom stereocenters. The second kappa shape index (κ2) is 4.33. The van der Waals surface area contributed by atoms with E-state index in [1.807, 2.05) is 0 Å². The molecule has 94 valence electrons. The lowest BCUT2D eigenvalue weighted by Crippen LogP contribution is -2.27. The van der Waals surface area contributed by atoms with Gasteiger partial charge in [0.1, 0.15) is 0 Å². The first kappa shape index (κ1) is 11.1. The number of nitrogens with zero attached hydrogens (tertiary/aromatic N) is 3. The van der Waals surface area contributed by atoms with Crippen LogP contribution in [0.2, 0.25) is 0 Å². The molecule has 2 aliphatic heterocycles. The number of imidazole rings is 1. The lowest BCUT2D eigenvalue weighted by molar-refractivity contribution is 0.533. The first-order chi connectivity index (χ1) is 8.31. The molecule has 3 rings (SSSR count). The van der Waals surface area contributed by atoms with Crippen LogP contribution in [0.5, 0.6) is 0 Å². The van der Waals surface area contributed by atoms with Gasteiger partial charge in [0.15, 0.2) is 0 Å². The molecular formula is C13H22N4. The molecule has 1 aromatic rings. The Kier molecular flexibility index (Phi) is 2.82. The van der Waals surface area contributed by atoms with Crippen LogP contribution in [0.4, 0.5) is 5.95 Å². The summed E-state index contributed by atoms with van der Waals surface area (Å²) in [5.74, 6) is 2.86. The maximum absolute atomic E-state index is 4.78. The molecule has 2 saturated heterocycles. The van der Waals surface area contributed by atoms with E-state index in [1.54, 1.807) is 0 Å². The van der Waals surface area contributed by atoms with Gasteiger partial charge in [-0.05, 0) is 25.2 Å². The zero-order valence-corrected chi connectivity index (χ0v) is 10.8. The number of fused-ring (bicyclic) bond motifs is 1. The third-order valence-corrected chi connectivity index (χ3v) is 4.18. The molecule has 4 heteroatoms. The molecule has 17 heavy (non-hydrogen) atoms. The van der Waals surface area contributed by atoms with E-state index >= 15 is 0 Å². The van der Waals surface area contributed by atoms with E-state index in [4.69, 9.17) is 4.98 Å². The molecule has 2 atom stereocenters. The minimum Gasteiger partial charge on any atom is -0.342 e. The van der Waals surface area contributed by atoms with E-state index in [0.29, 0.717) is 0 Å². The Bertz CT molecular complexity index is 386. The van der Waals surface area contributed by atoms with E-state index in [0.717, 1.165) is 24.8 Å². The fraction of sp³-hybridized carbons (Fsp3) is 0.769. The van der Waals surface area contributed by atoms with E-state index in [1.165, 1.54) is 37.8 Å². The van der Waals surface area contributed by atoms with Crippen LogP contribution in [0.3, 0.4) is 0 Å². The van der Waals surface area contributed by atoms with Gasteiger partial charge in [-0.2, -0.15) is 0 Å². The largest absolute Gasteiger partial charge is 0.342 e. The smallest absolute Gasteiger partial charge is 0.205 e. The van der Waals surface area contributed by atoms with Gasteiger partial charge in [-0.3, -0.25) is 0 Å². The molecule has 0 radical (unpaired) electrons. The van der Waals surface area contributed by atoms with Gasteiger partial charge in [0.05, 0.1) is 5.69 Å². The molecule has 1 N–H and O–H groups in total. The number of anilines is 1. The van der Waals surface area contributed by atoms with E-state index < -0.39 is 0 Å². The summed E-state index contributed by atoms with van der Waals surface area (Å²) in [4.78, 5) is 7.26. The van der Waals surface area contributed by atoms with Crippen molar-refractivity contribution in [2.45, 2.75) is 26.8 Å². The van der Waals surface area contributed by atoms with E-state index in [9.17, 15) is 0 Å². The highest BCUT2D eigenvalue weighted by Crippen LogP contribution is 2.30. The second-order valence-corrected chi connectivity index (χ2v) is 5.26. The summed E-state index contributed by atoms with van der Waals surface area (Å²) < 4.78 is 2.30. The second-order valence-electron chi connectivity index (χ2n) is 5.26. The summed E-state index contributed by atoms with van der Waals surface area (Å²) in [6.45, 7) is 10.1. The average molecular weight is 234 g/mol. The van der Waals surface area contributed by atoms with Crippen LogP contribution in [0, 0.1) is 11.8 Å². The van der Waals surface area contributed by atoms with Gasteiger partial charge in [0.2, 0.25) is 5.95 Å². The van der Waals surface area contributed by atoms with Crippen molar-refractivity contribution < 1.29 is 0 Å². The number of aromatic nitrogens is 2. The molecule has 2 aliphatic rings. The van der Waals surface area contributed by atoms with Crippen molar-refractivity contribution in [3.05, 3.63) is 11.9 Å². The van der Waals surface area contributed by atoms with Crippen LogP contribution < -0.4 is 10.2 Å². The molecule has 0 aliphatic carbocycles. The van der Waals surface area contributed by atoms with Crippen LogP contribution in [0.25, 0.3) is 0 Å². The highest BCUT2D eigenvalue weighted by Gasteiger charge is 2.37. The Balaban J connectivity index is 1.82. The SMILES string of the molecule is CCc1cn(CC)c(N2C[C@H]3CNC[C@H]3C2)n1. The standard InChI is InChI=1S/C13H22N4/c1-3-12-9-16(4-2)13(15-12)17-7-10-5-14-6-11(10)8-17/h9-11,14H,3-8H2,1-2H3/t10-,11+. The summed E-state index contributed by atoms with van der Waals surface area (Å²) in [6.07, 6.45) is 3.24. The predicted molar refractivity (Wildman–Crippen MR) is 69.3 cm³/mol. The van der Waals surface area contributed by atoms with Crippen LogP contribution in [-0.2, 0) is 13.0 Å². The molecule has 0 saturated carbocycles. The van der Waals surface area contributed by atoms with Crippen molar-refractivity contribution in [3.8, 4) is 0 Å². The number of rotatable bonds is 3. The van der Waals surface area contributed by atoms with Crippen molar-refractivity contribution in [2.75, 3.05) is 31.1 Å². The van der Waals surface area contributed by atoms with Gasteiger partial charge in [-0.25, -0.2) is 4.98 Å². The number of hydrogen-bond donors (Lipinski definition) is 1. The fourth-order valence-corrected chi connectivity index (χ4v) is 3.13. The predicted octanol–water partition coefficient (Wildman–Crippen LogP) is 1.12. The Labute approximate surface area is 103 Å². The van der Waals surface area contributed by atoms with Crippen molar-refractivity contribution in [1.82, 2.24) is 14.9 Å². The number of aryl methyl sites for hydroxylation is 2. The van der Waals surface area contributed by atoms with Gasteiger partial charge in [-0.15, -0.1) is 0 Å². The maximum Gasteiger partial charge on any atom is 0.205 e. The van der Waals surface area contributed by atoms with Crippen molar-refractivity contribution in [1.29, 1.82) is 0 Å². The Morgan fingerprint density at radius 3 is 2.59 bits per heavy atom. The maximum atomic E-state index is 4.78. The van der Waals surface area contributed by atoms with Gasteiger partial charge in [0.25, 0.3) is 0 Å². The molecule has 3 heterocycles. The summed E-state index contributed by atoms with van der Waals surface area (Å²) in [6, 6.07) is 0. The monoisotopic (exact) mass is 234 g/mol. The summed E-state index contributed by atoms with van der Waals surface area (Å²) in [5, 5.41) is 3.49. The topological polar surface area (TPSA) is 33.1 Å². The van der Waals surface area contributed by atoms with Crippen LogP contribution >= 0.6 is 0 Å². The van der Waals surface area contributed by atoms with Gasteiger partial charge >= 0.3 is 0 Å². The van der Waals surface area contributed by atoms with E-state index in [2.05, 4.69) is 34.8 Å². The lowest BCUT2D eigenvalue weighted by atomic mass is 10.0. The third kappa shape index (κ3) is 1.84. The summed E-state index contributed by atoms with van der Waals surface area (Å²) in [5.41, 5.74) is 1.22. The lowest BCUT2D eigenvalue weighted by Gasteiger charge is -2.19. The van der Waals surface area contributed by atoms with Gasteiger partial charge in [-0.1, -0.05) is 6.92 Å². The average Bonchev–Trinajstić information content (AvgIpc) is 3.01. The van der Waals surface area contributed by atoms with Crippen molar-refractivity contribution >= 4 is 5.95 Å². The highest BCUT2D eigenvalue weighted by molar-refractivity contribution is 5.36. The quantitative estimate of drug-likeness (QED) is 0.851. The number of hydrogen-bond acceptors (Lipinski definition) is 3. The van der Waals surface area contributed by atoms with Crippen LogP contribution in [0.1, 0.15) is 19.5 Å². The molecular weight excluding hydrogens is 212 g/mol. The van der Waals surface area contributed by atoms with E-state index in [-0.39, 0.29) is 0 Å². The first-order valence-corrected chi connectivity index (χ1v) is 6.83. The van der Waals surface area contributed by atoms with Crippen molar-refractivity contribution in [2.24, 2.45) is 11.8 Å². The molecule has 0 bridgehead atoms. The third-order valence-electron chi connectivity index (χ3n) is 4.18. The van der Waals surface area contributed by atoms with Gasteiger partial charge in [0, 0.05) is 38.9 Å². The number of nitrogens with one attached hydrogen (secondary N) is 1. The minimum absolute atomic E-state index is 0.835. The molecule has 0 spiro atoms. The summed E-state index contributed by atoms with van der Waals surface area (Å²) in [7, 11) is 0. The normalized spacial score (nSPS) is 27.8. The molecule has 0 aromatic carbocycles. The first-order valence-electron chi connectivity index (χ1n) is 6.83. The molecule has 1 aromatic heterocycles. The zero-order chi connectivity index (χ0) is 11.8. The Morgan fingerprint density at radius 1 is 1.29 bits per heavy atom. The Morgan fingerprint density at radius 2 is 2.00 bits per heavy atom. The summed E-state index contributed by atoms with van der Waals surface area (Å²) >= 11 is 0. The molecule has 0 amide bonds. The Hall–Kier alpha value is -1.03. The minimum atomic E-state index is 0.835. The van der Waals surface area contributed by atoms with Gasteiger partial charge < -0.3 is 14.8 Å². The van der Waals surface area contributed by atoms with Crippen LogP contribution in [0.15, 0.2) is 6.20 Å².